The molecule has 0 spiro atoms. The zero-order valence-electron chi connectivity index (χ0n) is 10.7. The minimum atomic E-state index is -0.782. The van der Waals surface area contributed by atoms with Gasteiger partial charge in [0.2, 0.25) is 5.91 Å². The second kappa shape index (κ2) is 6.62. The Bertz CT molecular complexity index is 274. The highest BCUT2D eigenvalue weighted by atomic mass is 16.4. The molecule has 4 heteroatoms. The van der Waals surface area contributed by atoms with Crippen LogP contribution in [0.15, 0.2) is 0 Å². The number of hydrogen-bond donors (Lipinski definition) is 2. The predicted molar refractivity (Wildman–Crippen MR) is 65.6 cm³/mol. The van der Waals surface area contributed by atoms with Crippen LogP contribution in [0.4, 0.5) is 0 Å². The molecule has 0 aromatic carbocycles. The zero-order valence-corrected chi connectivity index (χ0v) is 10.7. The Kier molecular flexibility index (Phi) is 5.45. The summed E-state index contributed by atoms with van der Waals surface area (Å²) in [5.41, 5.74) is 0. The van der Waals surface area contributed by atoms with Gasteiger partial charge in [-0.25, -0.2) is 0 Å². The van der Waals surface area contributed by atoms with Crippen LogP contribution in [0, 0.1) is 11.8 Å². The van der Waals surface area contributed by atoms with Gasteiger partial charge in [-0.2, -0.15) is 0 Å². The Morgan fingerprint density at radius 2 is 1.94 bits per heavy atom. The van der Waals surface area contributed by atoms with Gasteiger partial charge in [-0.1, -0.05) is 33.1 Å². The summed E-state index contributed by atoms with van der Waals surface area (Å²) < 4.78 is 0. The zero-order chi connectivity index (χ0) is 12.8. The van der Waals surface area contributed by atoms with Crippen LogP contribution >= 0.6 is 0 Å². The van der Waals surface area contributed by atoms with E-state index in [1.807, 2.05) is 0 Å². The van der Waals surface area contributed by atoms with Crippen molar-refractivity contribution in [3.63, 3.8) is 0 Å². The molecule has 0 unspecified atom stereocenters. The molecule has 98 valence electrons. The van der Waals surface area contributed by atoms with Crippen LogP contribution in [0.25, 0.3) is 0 Å². The molecule has 0 bridgehead atoms. The molecule has 4 nitrogen and oxygen atoms in total. The highest BCUT2D eigenvalue weighted by Gasteiger charge is 2.33. The van der Waals surface area contributed by atoms with E-state index in [0.29, 0.717) is 18.8 Å². The number of carboxylic acids is 1. The van der Waals surface area contributed by atoms with Crippen LogP contribution < -0.4 is 5.32 Å². The van der Waals surface area contributed by atoms with Crippen LogP contribution in [0.5, 0.6) is 0 Å². The number of aliphatic carboxylic acids is 1. The van der Waals surface area contributed by atoms with Crippen molar-refractivity contribution in [2.75, 3.05) is 0 Å². The highest BCUT2D eigenvalue weighted by Crippen LogP contribution is 2.26. The summed E-state index contributed by atoms with van der Waals surface area (Å²) in [4.78, 5) is 22.8. The van der Waals surface area contributed by atoms with E-state index in [0.717, 1.165) is 25.7 Å². The summed E-state index contributed by atoms with van der Waals surface area (Å²) in [6, 6.07) is -0.158. The van der Waals surface area contributed by atoms with Crippen molar-refractivity contribution < 1.29 is 14.7 Å². The van der Waals surface area contributed by atoms with Gasteiger partial charge in [0.25, 0.3) is 0 Å². The molecule has 1 fully saturated rings. The SMILES string of the molecule is CCC(CC)CC(=O)N[C@@H]1CCC[C@@H]1C(=O)O. The largest absolute Gasteiger partial charge is 0.481 e. The molecule has 0 aliphatic heterocycles. The number of amides is 1. The van der Waals surface area contributed by atoms with Gasteiger partial charge in [-0.05, 0) is 18.8 Å². The fraction of sp³-hybridized carbons (Fsp3) is 0.846. The molecule has 0 aromatic rings. The van der Waals surface area contributed by atoms with Gasteiger partial charge < -0.3 is 10.4 Å². The summed E-state index contributed by atoms with van der Waals surface area (Å²) in [6.45, 7) is 4.16. The molecule has 1 rings (SSSR count). The van der Waals surface area contributed by atoms with E-state index in [9.17, 15) is 9.59 Å². The molecular weight excluding hydrogens is 218 g/mol. The third-order valence-corrected chi connectivity index (χ3v) is 3.81. The lowest BCUT2D eigenvalue weighted by Gasteiger charge is -2.19. The van der Waals surface area contributed by atoms with Crippen LogP contribution in [-0.2, 0) is 9.59 Å². The highest BCUT2D eigenvalue weighted by molar-refractivity contribution is 5.78. The van der Waals surface area contributed by atoms with E-state index in [4.69, 9.17) is 5.11 Å². The first-order valence-corrected chi connectivity index (χ1v) is 6.60. The Hall–Kier alpha value is -1.06. The van der Waals surface area contributed by atoms with Gasteiger partial charge in [-0.3, -0.25) is 9.59 Å². The molecular formula is C13H23NO3. The smallest absolute Gasteiger partial charge is 0.308 e. The molecule has 1 amide bonds. The van der Waals surface area contributed by atoms with E-state index >= 15 is 0 Å². The number of carbonyl (C=O) groups excluding carboxylic acids is 1. The number of hydrogen-bond acceptors (Lipinski definition) is 2. The number of carboxylic acid groups (broad SMARTS) is 1. The van der Waals surface area contributed by atoms with Gasteiger partial charge in [-0.15, -0.1) is 0 Å². The van der Waals surface area contributed by atoms with E-state index in [-0.39, 0.29) is 17.9 Å². The molecule has 0 aromatic heterocycles. The Balaban J connectivity index is 2.42. The van der Waals surface area contributed by atoms with Crippen molar-refractivity contribution in [2.45, 2.75) is 58.4 Å². The van der Waals surface area contributed by atoms with E-state index in [1.54, 1.807) is 0 Å². The fourth-order valence-corrected chi connectivity index (χ4v) is 2.53. The van der Waals surface area contributed by atoms with Gasteiger partial charge in [0, 0.05) is 12.5 Å². The summed E-state index contributed by atoms with van der Waals surface area (Å²) in [7, 11) is 0. The lowest BCUT2D eigenvalue weighted by atomic mass is 9.98. The van der Waals surface area contributed by atoms with Crippen LogP contribution in [-0.4, -0.2) is 23.0 Å². The monoisotopic (exact) mass is 241 g/mol. The molecule has 1 saturated carbocycles. The maximum Gasteiger partial charge on any atom is 0.308 e. The fourth-order valence-electron chi connectivity index (χ4n) is 2.53. The first kappa shape index (κ1) is 14.0. The molecule has 0 saturated heterocycles. The van der Waals surface area contributed by atoms with E-state index < -0.39 is 5.97 Å². The summed E-state index contributed by atoms with van der Waals surface area (Å²) in [5, 5.41) is 11.9. The van der Waals surface area contributed by atoms with Gasteiger partial charge in [0.1, 0.15) is 0 Å². The quantitative estimate of drug-likeness (QED) is 0.749. The second-order valence-corrected chi connectivity index (χ2v) is 4.94. The van der Waals surface area contributed by atoms with Crippen molar-refractivity contribution in [3.05, 3.63) is 0 Å². The maximum absolute atomic E-state index is 11.8. The Labute approximate surface area is 103 Å². The predicted octanol–water partition coefficient (Wildman–Crippen LogP) is 2.18. The van der Waals surface area contributed by atoms with Gasteiger partial charge in [0.05, 0.1) is 5.92 Å². The van der Waals surface area contributed by atoms with E-state index in [2.05, 4.69) is 19.2 Å². The normalized spacial score (nSPS) is 23.9. The third-order valence-electron chi connectivity index (χ3n) is 3.81. The number of nitrogens with one attached hydrogen (secondary N) is 1. The van der Waals surface area contributed by atoms with Crippen molar-refractivity contribution in [3.8, 4) is 0 Å². The topological polar surface area (TPSA) is 66.4 Å². The van der Waals surface area contributed by atoms with Gasteiger partial charge in [0.15, 0.2) is 0 Å². The molecule has 2 atom stereocenters. The van der Waals surface area contributed by atoms with Crippen LogP contribution in [0.3, 0.4) is 0 Å². The Morgan fingerprint density at radius 1 is 1.29 bits per heavy atom. The lowest BCUT2D eigenvalue weighted by molar-refractivity contribution is -0.142. The average Bonchev–Trinajstić information content (AvgIpc) is 2.74. The van der Waals surface area contributed by atoms with E-state index in [1.165, 1.54) is 0 Å². The van der Waals surface area contributed by atoms with Crippen LogP contribution in [0.1, 0.15) is 52.4 Å². The Morgan fingerprint density at radius 3 is 2.47 bits per heavy atom. The first-order chi connectivity index (χ1) is 8.08. The molecule has 17 heavy (non-hydrogen) atoms. The maximum atomic E-state index is 11.8. The number of carbonyl (C=O) groups is 2. The molecule has 0 heterocycles. The van der Waals surface area contributed by atoms with Gasteiger partial charge >= 0.3 is 5.97 Å². The standard InChI is InChI=1S/C13H23NO3/c1-3-9(4-2)8-12(15)14-11-7-5-6-10(11)13(16)17/h9-11H,3-8H2,1-2H3,(H,14,15)(H,16,17)/t10-,11+/m0/s1. The number of rotatable bonds is 6. The van der Waals surface area contributed by atoms with Crippen molar-refractivity contribution >= 4 is 11.9 Å². The van der Waals surface area contributed by atoms with Crippen molar-refractivity contribution in [2.24, 2.45) is 11.8 Å². The van der Waals surface area contributed by atoms with Crippen molar-refractivity contribution in [1.29, 1.82) is 0 Å². The minimum absolute atomic E-state index is 0.0110. The first-order valence-electron chi connectivity index (χ1n) is 6.60. The molecule has 2 N–H and O–H groups in total. The average molecular weight is 241 g/mol. The summed E-state index contributed by atoms with van der Waals surface area (Å²) >= 11 is 0. The summed E-state index contributed by atoms with van der Waals surface area (Å²) in [5.74, 6) is -0.743. The molecule has 1 aliphatic rings. The lowest BCUT2D eigenvalue weighted by Crippen LogP contribution is -2.40. The summed E-state index contributed by atoms with van der Waals surface area (Å²) in [6.07, 6.45) is 4.90. The van der Waals surface area contributed by atoms with Crippen LogP contribution in [0.2, 0.25) is 0 Å². The second-order valence-electron chi connectivity index (χ2n) is 4.94. The minimum Gasteiger partial charge on any atom is -0.481 e. The third kappa shape index (κ3) is 4.02. The molecule has 0 radical (unpaired) electrons. The van der Waals surface area contributed by atoms with Crippen molar-refractivity contribution in [1.82, 2.24) is 5.32 Å². The molecule has 1 aliphatic carbocycles.